The molecule has 1 N–H and O–H groups in total. The monoisotopic (exact) mass is 424 g/mol. The van der Waals surface area contributed by atoms with Gasteiger partial charge in [0.1, 0.15) is 0 Å². The summed E-state index contributed by atoms with van der Waals surface area (Å²) in [6.07, 6.45) is 2.24. The fraction of sp³-hybridized carbons (Fsp3) is 0.208. The smallest absolute Gasteiger partial charge is 0.251 e. The van der Waals surface area contributed by atoms with Crippen molar-refractivity contribution < 1.29 is 4.79 Å². The molecular weight excluding hydrogens is 403 g/mol. The highest BCUT2D eigenvalue weighted by Crippen LogP contribution is 2.29. The summed E-state index contributed by atoms with van der Waals surface area (Å²) in [5.41, 5.74) is 3.83. The number of hydrogen-bond donors (Lipinski definition) is 1. The van der Waals surface area contributed by atoms with Gasteiger partial charge in [-0.25, -0.2) is 0 Å². The Morgan fingerprint density at radius 1 is 0.931 bits per heavy atom. The summed E-state index contributed by atoms with van der Waals surface area (Å²) in [5.74, 6) is -0.0504. The largest absolute Gasteiger partial charge is 0.367 e. The van der Waals surface area contributed by atoms with Crippen molar-refractivity contribution in [3.63, 3.8) is 0 Å². The van der Waals surface area contributed by atoms with E-state index in [1.54, 1.807) is 6.07 Å². The van der Waals surface area contributed by atoms with E-state index in [4.69, 9.17) is 23.2 Å². The standard InChI is InChI=1S/C24H22Cl2N2O/c25-22-13-12-19(15-23(22)26)17-8-10-18(11-9-17)24(29)27-16-21-7-4-14-28(21)20-5-2-1-3-6-20/h1-3,5-6,8-13,15,21H,4,7,14,16H2,(H,27,29). The third-order valence-corrected chi connectivity index (χ3v) is 6.10. The third kappa shape index (κ3) is 4.58. The Balaban J connectivity index is 1.39. The maximum Gasteiger partial charge on any atom is 0.251 e. The summed E-state index contributed by atoms with van der Waals surface area (Å²) in [6, 6.07) is 23.8. The normalized spacial score (nSPS) is 16.1. The van der Waals surface area contributed by atoms with Crippen LogP contribution in [-0.2, 0) is 0 Å². The van der Waals surface area contributed by atoms with Gasteiger partial charge in [-0.1, -0.05) is 59.6 Å². The molecule has 29 heavy (non-hydrogen) atoms. The molecular formula is C24H22Cl2N2O. The summed E-state index contributed by atoms with van der Waals surface area (Å²) in [7, 11) is 0. The lowest BCUT2D eigenvalue weighted by Crippen LogP contribution is -2.40. The molecule has 0 radical (unpaired) electrons. The highest BCUT2D eigenvalue weighted by molar-refractivity contribution is 6.42. The third-order valence-electron chi connectivity index (χ3n) is 5.36. The Labute approximate surface area is 181 Å². The number of nitrogens with zero attached hydrogens (tertiary/aromatic N) is 1. The van der Waals surface area contributed by atoms with Gasteiger partial charge in [-0.3, -0.25) is 4.79 Å². The van der Waals surface area contributed by atoms with Crippen LogP contribution in [0.3, 0.4) is 0 Å². The average molecular weight is 425 g/mol. The lowest BCUT2D eigenvalue weighted by Gasteiger charge is -2.27. The molecule has 3 nitrogen and oxygen atoms in total. The molecule has 148 valence electrons. The van der Waals surface area contributed by atoms with Crippen molar-refractivity contribution in [1.29, 1.82) is 0 Å². The van der Waals surface area contributed by atoms with Crippen molar-refractivity contribution in [2.75, 3.05) is 18.0 Å². The molecule has 1 aliphatic rings. The van der Waals surface area contributed by atoms with Gasteiger partial charge in [0.2, 0.25) is 0 Å². The first-order valence-corrected chi connectivity index (χ1v) is 10.5. The highest BCUT2D eigenvalue weighted by Gasteiger charge is 2.25. The second-order valence-electron chi connectivity index (χ2n) is 7.24. The Morgan fingerprint density at radius 2 is 1.66 bits per heavy atom. The van der Waals surface area contributed by atoms with Crippen molar-refractivity contribution in [1.82, 2.24) is 5.32 Å². The first-order chi connectivity index (χ1) is 14.1. The van der Waals surface area contributed by atoms with Crippen LogP contribution in [0.4, 0.5) is 5.69 Å². The zero-order valence-electron chi connectivity index (χ0n) is 15.9. The molecule has 0 saturated carbocycles. The summed E-state index contributed by atoms with van der Waals surface area (Å²) >= 11 is 12.1. The second kappa shape index (κ2) is 8.89. The zero-order valence-corrected chi connectivity index (χ0v) is 17.5. The number of halogens is 2. The van der Waals surface area contributed by atoms with E-state index in [2.05, 4.69) is 34.5 Å². The van der Waals surface area contributed by atoms with Gasteiger partial charge >= 0.3 is 0 Å². The molecule has 5 heteroatoms. The molecule has 3 aromatic rings. The Morgan fingerprint density at radius 3 is 2.38 bits per heavy atom. The molecule has 1 unspecified atom stereocenters. The molecule has 4 rings (SSSR count). The van der Waals surface area contributed by atoms with Crippen LogP contribution >= 0.6 is 23.2 Å². The molecule has 0 aromatic heterocycles. The number of carbonyl (C=O) groups excluding carboxylic acids is 1. The summed E-state index contributed by atoms with van der Waals surface area (Å²) in [6.45, 7) is 1.67. The van der Waals surface area contributed by atoms with Crippen molar-refractivity contribution >= 4 is 34.8 Å². The average Bonchev–Trinajstić information content (AvgIpc) is 3.23. The van der Waals surface area contributed by atoms with Crippen molar-refractivity contribution in [2.45, 2.75) is 18.9 Å². The Kier molecular flexibility index (Phi) is 6.08. The minimum Gasteiger partial charge on any atom is -0.367 e. The van der Waals surface area contributed by atoms with E-state index in [9.17, 15) is 4.79 Å². The fourth-order valence-corrected chi connectivity index (χ4v) is 4.11. The van der Waals surface area contributed by atoms with E-state index >= 15 is 0 Å². The minimum atomic E-state index is -0.0504. The van der Waals surface area contributed by atoms with Gasteiger partial charge in [0.15, 0.2) is 0 Å². The molecule has 0 aliphatic carbocycles. The van der Waals surface area contributed by atoms with Crippen molar-refractivity contribution in [2.24, 2.45) is 0 Å². The maximum absolute atomic E-state index is 12.6. The van der Waals surface area contributed by atoms with Crippen LogP contribution < -0.4 is 10.2 Å². The van der Waals surface area contributed by atoms with Crippen LogP contribution in [0.25, 0.3) is 11.1 Å². The number of carbonyl (C=O) groups is 1. The minimum absolute atomic E-state index is 0.0504. The van der Waals surface area contributed by atoms with Crippen LogP contribution in [0.15, 0.2) is 72.8 Å². The molecule has 1 heterocycles. The van der Waals surface area contributed by atoms with E-state index < -0.39 is 0 Å². The lowest BCUT2D eigenvalue weighted by atomic mass is 10.0. The number of anilines is 1. The maximum atomic E-state index is 12.6. The van der Waals surface area contributed by atoms with E-state index in [-0.39, 0.29) is 5.91 Å². The summed E-state index contributed by atoms with van der Waals surface area (Å²) in [4.78, 5) is 15.0. The van der Waals surface area contributed by atoms with Gasteiger partial charge in [-0.2, -0.15) is 0 Å². The van der Waals surface area contributed by atoms with Crippen LogP contribution in [0, 0.1) is 0 Å². The topological polar surface area (TPSA) is 32.3 Å². The van der Waals surface area contributed by atoms with Gasteiger partial charge in [0, 0.05) is 30.4 Å². The summed E-state index contributed by atoms with van der Waals surface area (Å²) < 4.78 is 0. The Hall–Kier alpha value is -2.49. The van der Waals surface area contributed by atoms with Gasteiger partial charge in [0.05, 0.1) is 10.0 Å². The highest BCUT2D eigenvalue weighted by atomic mass is 35.5. The number of hydrogen-bond acceptors (Lipinski definition) is 2. The number of benzene rings is 3. The second-order valence-corrected chi connectivity index (χ2v) is 8.06. The first kappa shape index (κ1) is 19.8. The molecule has 0 spiro atoms. The van der Waals surface area contributed by atoms with E-state index in [1.807, 2.05) is 42.5 Å². The van der Waals surface area contributed by atoms with E-state index in [0.29, 0.717) is 28.2 Å². The quantitative estimate of drug-likeness (QED) is 0.539. The molecule has 1 amide bonds. The Bertz CT molecular complexity index is 990. The molecule has 3 aromatic carbocycles. The molecule has 0 bridgehead atoms. The van der Waals surface area contributed by atoms with E-state index in [0.717, 1.165) is 30.5 Å². The van der Waals surface area contributed by atoms with Gasteiger partial charge in [-0.15, -0.1) is 0 Å². The SMILES string of the molecule is O=C(NCC1CCCN1c1ccccc1)c1ccc(-c2ccc(Cl)c(Cl)c2)cc1. The van der Waals surface area contributed by atoms with E-state index in [1.165, 1.54) is 5.69 Å². The molecule has 1 saturated heterocycles. The van der Waals surface area contributed by atoms with Crippen LogP contribution in [0.1, 0.15) is 23.2 Å². The van der Waals surface area contributed by atoms with Gasteiger partial charge in [0.25, 0.3) is 5.91 Å². The van der Waals surface area contributed by atoms with Crippen molar-refractivity contribution in [3.8, 4) is 11.1 Å². The number of rotatable bonds is 5. The van der Waals surface area contributed by atoms with Crippen LogP contribution in [0.2, 0.25) is 10.0 Å². The molecule has 1 aliphatic heterocycles. The van der Waals surface area contributed by atoms with Crippen molar-refractivity contribution in [3.05, 3.63) is 88.4 Å². The number of nitrogens with one attached hydrogen (secondary N) is 1. The number of para-hydroxylation sites is 1. The zero-order chi connectivity index (χ0) is 20.2. The first-order valence-electron chi connectivity index (χ1n) is 9.77. The van der Waals surface area contributed by atoms with Crippen LogP contribution in [-0.4, -0.2) is 25.0 Å². The molecule has 1 atom stereocenters. The van der Waals surface area contributed by atoms with Gasteiger partial charge < -0.3 is 10.2 Å². The lowest BCUT2D eigenvalue weighted by molar-refractivity contribution is 0.0951. The predicted molar refractivity (Wildman–Crippen MR) is 121 cm³/mol. The summed E-state index contributed by atoms with van der Waals surface area (Å²) in [5, 5.41) is 4.15. The molecule has 1 fully saturated rings. The fourth-order valence-electron chi connectivity index (χ4n) is 3.81. The van der Waals surface area contributed by atoms with Crippen LogP contribution in [0.5, 0.6) is 0 Å². The predicted octanol–water partition coefficient (Wildman–Crippen LogP) is 6.06. The number of amides is 1. The van der Waals surface area contributed by atoms with Gasteiger partial charge in [-0.05, 0) is 60.4 Å².